The minimum atomic E-state index is -4.38. The molecule has 4 rings (SSSR count). The molecule has 8 heteroatoms. The fourth-order valence-electron chi connectivity index (χ4n) is 5.22. The maximum Gasteiger partial charge on any atom is 0.406 e. The van der Waals surface area contributed by atoms with Gasteiger partial charge in [0.1, 0.15) is 6.54 Å². The molecule has 5 unspecified atom stereocenters. The lowest BCUT2D eigenvalue weighted by atomic mass is 9.67. The maximum atomic E-state index is 13.2. The van der Waals surface area contributed by atoms with Gasteiger partial charge in [-0.05, 0) is 48.8 Å². The summed E-state index contributed by atoms with van der Waals surface area (Å²) in [7, 11) is 3.95. The molecule has 5 atom stereocenters. The molecule has 0 spiro atoms. The standard InChI is InChI=1S/C20H27F3N4O/c1-26(2)14-6-3-12(4-7-14)13-5-8-15-17(9-13)27(11-20(21,22)23)19(28)16-10-24-25-18(15)16/h3-4,6-7,13,15-18,24-25H,5,8-11H2,1-2H3. The number of piperidine rings is 1. The van der Waals surface area contributed by atoms with Crippen LogP contribution in [0.15, 0.2) is 24.3 Å². The number of fused-ring (bicyclic) bond motifs is 3. The number of carbonyl (C=O) groups excluding carboxylic acids is 1. The van der Waals surface area contributed by atoms with Gasteiger partial charge in [0.25, 0.3) is 0 Å². The first-order valence-electron chi connectivity index (χ1n) is 9.87. The number of amides is 1. The van der Waals surface area contributed by atoms with Crippen molar-refractivity contribution >= 4 is 11.6 Å². The number of hydrogen-bond acceptors (Lipinski definition) is 4. The van der Waals surface area contributed by atoms with Crippen LogP contribution in [0.1, 0.15) is 30.7 Å². The first-order chi connectivity index (χ1) is 13.2. The zero-order valence-electron chi connectivity index (χ0n) is 16.2. The Hall–Kier alpha value is -1.80. The normalized spacial score (nSPS) is 32.8. The van der Waals surface area contributed by atoms with E-state index in [-0.39, 0.29) is 29.8 Å². The summed E-state index contributed by atoms with van der Waals surface area (Å²) in [4.78, 5) is 16.0. The van der Waals surface area contributed by atoms with Crippen LogP contribution < -0.4 is 15.8 Å². The zero-order chi connectivity index (χ0) is 20.1. The van der Waals surface area contributed by atoms with Crippen molar-refractivity contribution in [3.05, 3.63) is 29.8 Å². The van der Waals surface area contributed by atoms with Gasteiger partial charge in [0.05, 0.1) is 5.92 Å². The molecule has 1 amide bonds. The van der Waals surface area contributed by atoms with Crippen molar-refractivity contribution in [2.75, 3.05) is 32.1 Å². The average Bonchev–Trinajstić information content (AvgIpc) is 3.14. The number of carbonyl (C=O) groups is 1. The van der Waals surface area contributed by atoms with Crippen LogP contribution in [0.3, 0.4) is 0 Å². The Morgan fingerprint density at radius 3 is 2.54 bits per heavy atom. The lowest BCUT2D eigenvalue weighted by molar-refractivity contribution is -0.178. The maximum absolute atomic E-state index is 13.2. The molecule has 0 bridgehead atoms. The summed E-state index contributed by atoms with van der Waals surface area (Å²) < 4.78 is 39.7. The Kier molecular flexibility index (Phi) is 5.03. The molecule has 1 aromatic carbocycles. The van der Waals surface area contributed by atoms with Crippen molar-refractivity contribution in [3.63, 3.8) is 0 Å². The monoisotopic (exact) mass is 396 g/mol. The van der Waals surface area contributed by atoms with Gasteiger partial charge in [-0.2, -0.15) is 13.2 Å². The van der Waals surface area contributed by atoms with Crippen molar-refractivity contribution in [2.45, 2.75) is 43.4 Å². The van der Waals surface area contributed by atoms with Crippen LogP contribution >= 0.6 is 0 Å². The van der Waals surface area contributed by atoms with Gasteiger partial charge in [-0.3, -0.25) is 15.6 Å². The first-order valence-corrected chi connectivity index (χ1v) is 9.87. The summed E-state index contributed by atoms with van der Waals surface area (Å²) in [6.07, 6.45) is -2.05. The van der Waals surface area contributed by atoms with Crippen LogP contribution in [0.25, 0.3) is 0 Å². The fraction of sp³-hybridized carbons (Fsp3) is 0.650. The van der Waals surface area contributed by atoms with Crippen LogP contribution in [0.2, 0.25) is 0 Å². The van der Waals surface area contributed by atoms with E-state index in [2.05, 4.69) is 23.0 Å². The number of anilines is 1. The van der Waals surface area contributed by atoms with E-state index in [1.165, 1.54) is 0 Å². The third-order valence-electron chi connectivity index (χ3n) is 6.59. The molecule has 2 N–H and O–H groups in total. The number of hydrogen-bond donors (Lipinski definition) is 2. The minimum absolute atomic E-state index is 0.0531. The summed E-state index contributed by atoms with van der Waals surface area (Å²) in [5.74, 6) is -0.548. The quantitative estimate of drug-likeness (QED) is 0.824. The number of alkyl halides is 3. The molecule has 2 saturated heterocycles. The highest BCUT2D eigenvalue weighted by atomic mass is 19.4. The van der Waals surface area contributed by atoms with Crippen molar-refractivity contribution in [1.29, 1.82) is 0 Å². The Bertz CT molecular complexity index is 721. The second-order valence-corrected chi connectivity index (χ2v) is 8.47. The van der Waals surface area contributed by atoms with Crippen LogP contribution in [0.4, 0.5) is 18.9 Å². The highest BCUT2D eigenvalue weighted by molar-refractivity contribution is 5.82. The van der Waals surface area contributed by atoms with E-state index in [0.29, 0.717) is 13.0 Å². The van der Waals surface area contributed by atoms with Gasteiger partial charge >= 0.3 is 6.18 Å². The molecule has 2 aliphatic heterocycles. The van der Waals surface area contributed by atoms with Gasteiger partial charge in [0.15, 0.2) is 0 Å². The molecule has 28 heavy (non-hydrogen) atoms. The number of hydrazine groups is 1. The molecule has 0 radical (unpaired) electrons. The van der Waals surface area contributed by atoms with Gasteiger partial charge < -0.3 is 9.80 Å². The number of halogens is 3. The topological polar surface area (TPSA) is 47.6 Å². The van der Waals surface area contributed by atoms with E-state index in [9.17, 15) is 18.0 Å². The molecular formula is C20H27F3N4O. The molecule has 3 fully saturated rings. The smallest absolute Gasteiger partial charge is 0.378 e. The summed E-state index contributed by atoms with van der Waals surface area (Å²) in [5, 5.41) is 0. The number of rotatable bonds is 3. The summed E-state index contributed by atoms with van der Waals surface area (Å²) in [5.41, 5.74) is 8.38. The van der Waals surface area contributed by atoms with Crippen molar-refractivity contribution in [1.82, 2.24) is 15.8 Å². The number of nitrogens with one attached hydrogen (secondary N) is 2. The Balaban J connectivity index is 1.58. The zero-order valence-corrected chi connectivity index (χ0v) is 16.2. The van der Waals surface area contributed by atoms with E-state index in [1.54, 1.807) is 0 Å². The summed E-state index contributed by atoms with van der Waals surface area (Å²) >= 11 is 0. The number of likely N-dealkylation sites (tertiary alicyclic amines) is 1. The van der Waals surface area contributed by atoms with Crippen LogP contribution in [0, 0.1) is 11.8 Å². The van der Waals surface area contributed by atoms with E-state index in [0.717, 1.165) is 29.0 Å². The third kappa shape index (κ3) is 3.59. The van der Waals surface area contributed by atoms with Crippen molar-refractivity contribution < 1.29 is 18.0 Å². The molecule has 0 aromatic heterocycles. The van der Waals surface area contributed by atoms with Crippen molar-refractivity contribution in [3.8, 4) is 0 Å². The average molecular weight is 396 g/mol. The first kappa shape index (κ1) is 19.5. The van der Waals surface area contributed by atoms with Gasteiger partial charge in [0, 0.05) is 38.4 Å². The second kappa shape index (κ2) is 7.22. The predicted octanol–water partition coefficient (Wildman–Crippen LogP) is 2.50. The molecule has 2 heterocycles. The molecule has 5 nitrogen and oxygen atoms in total. The third-order valence-corrected chi connectivity index (χ3v) is 6.59. The Labute approximate surface area is 163 Å². The summed E-state index contributed by atoms with van der Waals surface area (Å²) in [6.45, 7) is -0.751. The van der Waals surface area contributed by atoms with Crippen molar-refractivity contribution in [2.24, 2.45) is 11.8 Å². The van der Waals surface area contributed by atoms with E-state index < -0.39 is 18.6 Å². The van der Waals surface area contributed by atoms with E-state index in [4.69, 9.17) is 0 Å². The Morgan fingerprint density at radius 2 is 1.89 bits per heavy atom. The van der Waals surface area contributed by atoms with Gasteiger partial charge in [-0.25, -0.2) is 0 Å². The molecule has 1 aromatic rings. The van der Waals surface area contributed by atoms with E-state index >= 15 is 0 Å². The number of nitrogens with zero attached hydrogens (tertiary/aromatic N) is 2. The SMILES string of the molecule is CN(C)c1ccc(C2CCC3C4NNCC4C(=O)N(CC(F)(F)F)C3C2)cc1. The summed E-state index contributed by atoms with van der Waals surface area (Å²) in [6, 6.07) is 7.77. The lowest BCUT2D eigenvalue weighted by Crippen LogP contribution is -2.63. The lowest BCUT2D eigenvalue weighted by Gasteiger charge is -2.50. The van der Waals surface area contributed by atoms with E-state index in [1.807, 2.05) is 31.1 Å². The van der Waals surface area contributed by atoms with Crippen LogP contribution in [-0.4, -0.2) is 56.3 Å². The Morgan fingerprint density at radius 1 is 1.18 bits per heavy atom. The van der Waals surface area contributed by atoms with Gasteiger partial charge in [0.2, 0.25) is 5.91 Å². The second-order valence-electron chi connectivity index (χ2n) is 8.47. The molecule has 1 saturated carbocycles. The van der Waals surface area contributed by atoms with Crippen LogP contribution in [0.5, 0.6) is 0 Å². The largest absolute Gasteiger partial charge is 0.406 e. The molecule has 154 valence electrons. The minimum Gasteiger partial charge on any atom is -0.378 e. The highest BCUT2D eigenvalue weighted by Gasteiger charge is 2.54. The molecule has 3 aliphatic rings. The number of benzene rings is 1. The van der Waals surface area contributed by atoms with Crippen LogP contribution in [-0.2, 0) is 4.79 Å². The fourth-order valence-corrected chi connectivity index (χ4v) is 5.22. The van der Waals surface area contributed by atoms with Gasteiger partial charge in [-0.15, -0.1) is 0 Å². The molecular weight excluding hydrogens is 369 g/mol. The predicted molar refractivity (Wildman–Crippen MR) is 101 cm³/mol. The molecule has 1 aliphatic carbocycles. The highest BCUT2D eigenvalue weighted by Crippen LogP contribution is 2.45. The van der Waals surface area contributed by atoms with Gasteiger partial charge in [-0.1, -0.05) is 12.1 Å².